The molecule has 0 aliphatic rings. The molecule has 0 unspecified atom stereocenters. The number of aromatic nitrogens is 3. The molecule has 0 saturated carbocycles. The zero-order valence-corrected chi connectivity index (χ0v) is 26.1. The Morgan fingerprint density at radius 3 is 1.35 bits per heavy atom. The fourth-order valence-electron chi connectivity index (χ4n) is 6.89. The van der Waals surface area contributed by atoms with E-state index in [1.807, 2.05) is 0 Å². The van der Waals surface area contributed by atoms with E-state index in [1.165, 1.54) is 9.13 Å². The van der Waals surface area contributed by atoms with Gasteiger partial charge in [-0.15, -0.1) is 0 Å². The zero-order chi connectivity index (χ0) is 51.7. The Bertz CT molecular complexity index is 4330. The maximum absolute atomic E-state index is 10.0. The molecule has 3 heteroatoms. The Morgan fingerprint density at radius 2 is 0.765 bits per heavy atom. The molecule has 0 bridgehead atoms. The first-order chi connectivity index (χ1) is 34.1. The van der Waals surface area contributed by atoms with Crippen LogP contribution in [0.15, 0.2) is 188 Å². The van der Waals surface area contributed by atoms with Crippen molar-refractivity contribution in [2.45, 2.75) is 0 Å². The summed E-state index contributed by atoms with van der Waals surface area (Å²) in [6.07, 6.45) is 0. The molecule has 3 nitrogen and oxygen atoms in total. The minimum Gasteiger partial charge on any atom is -0.309 e. The van der Waals surface area contributed by atoms with Crippen molar-refractivity contribution in [2.75, 3.05) is 0 Å². The summed E-state index contributed by atoms with van der Waals surface area (Å²) in [4.78, 5) is 0. The number of para-hydroxylation sites is 6. The Balaban J connectivity index is 1.39. The molecule has 8 aromatic carbocycles. The summed E-state index contributed by atoms with van der Waals surface area (Å²) in [6.45, 7) is 0. The van der Waals surface area contributed by atoms with Gasteiger partial charge in [0.1, 0.15) is 0 Å². The number of nitrogens with zero attached hydrogens (tertiary/aromatic N) is 3. The third-order valence-electron chi connectivity index (χ3n) is 9.01. The van der Waals surface area contributed by atoms with E-state index in [0.717, 1.165) is 4.57 Å². The number of benzene rings is 8. The fraction of sp³-hybridized carbons (Fsp3) is 0. The second kappa shape index (κ2) is 10.8. The van der Waals surface area contributed by atoms with Crippen molar-refractivity contribution < 1.29 is 28.8 Å². The molecule has 0 spiro atoms. The highest BCUT2D eigenvalue weighted by atomic mass is 15.1. The number of hydrogen-bond donors (Lipinski definition) is 0. The van der Waals surface area contributed by atoms with E-state index in [1.54, 1.807) is 60.7 Å². The molecule has 51 heavy (non-hydrogen) atoms. The molecule has 0 aliphatic carbocycles. The van der Waals surface area contributed by atoms with Gasteiger partial charge in [0, 0.05) is 43.7 Å². The first-order valence-corrected chi connectivity index (χ1v) is 15.8. The van der Waals surface area contributed by atoms with Gasteiger partial charge >= 0.3 is 0 Å². The van der Waals surface area contributed by atoms with Gasteiger partial charge in [0.2, 0.25) is 0 Å². The van der Waals surface area contributed by atoms with Crippen molar-refractivity contribution in [3.63, 3.8) is 0 Å². The first-order valence-electron chi connectivity index (χ1n) is 26.3. The van der Waals surface area contributed by atoms with Crippen LogP contribution in [-0.4, -0.2) is 13.7 Å². The van der Waals surface area contributed by atoms with Crippen molar-refractivity contribution >= 4 is 65.4 Å². The topological polar surface area (TPSA) is 14.8 Å². The van der Waals surface area contributed by atoms with E-state index in [0.29, 0.717) is 5.69 Å². The molecule has 0 aliphatic heterocycles. The number of fused-ring (bicyclic) bond motifs is 9. The molecule has 0 N–H and O–H groups in total. The number of rotatable bonds is 4. The van der Waals surface area contributed by atoms with E-state index in [2.05, 4.69) is 0 Å². The summed E-state index contributed by atoms with van der Waals surface area (Å²) in [5.41, 5.74) is -2.73. The lowest BCUT2D eigenvalue weighted by molar-refractivity contribution is 1.13. The predicted molar refractivity (Wildman–Crippen MR) is 215 cm³/mol. The van der Waals surface area contributed by atoms with Crippen molar-refractivity contribution in [1.29, 1.82) is 0 Å². The lowest BCUT2D eigenvalue weighted by Crippen LogP contribution is -2.00. The smallest absolute Gasteiger partial charge is 0.0782 e. The van der Waals surface area contributed by atoms with Gasteiger partial charge in [-0.1, -0.05) is 115 Å². The zero-order valence-electron chi connectivity index (χ0n) is 47.1. The summed E-state index contributed by atoms with van der Waals surface area (Å²) < 4.78 is 197. The van der Waals surface area contributed by atoms with Crippen LogP contribution in [0.4, 0.5) is 0 Å². The molecule has 3 aromatic heterocycles. The van der Waals surface area contributed by atoms with Crippen LogP contribution in [-0.2, 0) is 0 Å². The molecule has 3 heterocycles. The van der Waals surface area contributed by atoms with Gasteiger partial charge in [0.15, 0.2) is 0 Å². The van der Waals surface area contributed by atoms with Crippen molar-refractivity contribution in [1.82, 2.24) is 13.7 Å². The van der Waals surface area contributed by atoms with Crippen LogP contribution in [0.25, 0.3) is 93.6 Å². The Hall–Kier alpha value is -6.84. The van der Waals surface area contributed by atoms with Crippen molar-refractivity contribution in [3.05, 3.63) is 188 Å². The van der Waals surface area contributed by atoms with E-state index >= 15 is 0 Å². The molecule has 0 amide bonds. The molecule has 0 atom stereocenters. The first kappa shape index (κ1) is 14.6. The van der Waals surface area contributed by atoms with Gasteiger partial charge in [-0.3, -0.25) is 0 Å². The third-order valence-corrected chi connectivity index (χ3v) is 9.01. The van der Waals surface area contributed by atoms with Crippen LogP contribution < -0.4 is 0 Å². The average Bonchev–Trinajstić information content (AvgIpc) is 4.05. The molecular formula is C48H31N3. The summed E-state index contributed by atoms with van der Waals surface area (Å²) in [6, 6.07) is 1.63. The van der Waals surface area contributed by atoms with Crippen LogP contribution in [0.5, 0.6) is 0 Å². The van der Waals surface area contributed by atoms with Gasteiger partial charge in [0.05, 0.1) is 67.6 Å². The van der Waals surface area contributed by atoms with Crippen LogP contribution >= 0.6 is 0 Å². The van der Waals surface area contributed by atoms with Gasteiger partial charge in [-0.05, 0) is 83.7 Å². The van der Waals surface area contributed by atoms with Crippen molar-refractivity contribution in [2.24, 2.45) is 0 Å². The van der Waals surface area contributed by atoms with Gasteiger partial charge in [0.25, 0.3) is 0 Å². The fourth-order valence-corrected chi connectivity index (χ4v) is 6.89. The summed E-state index contributed by atoms with van der Waals surface area (Å²) in [7, 11) is 0. The molecule has 11 rings (SSSR count). The molecule has 0 radical (unpaired) electrons. The largest absolute Gasteiger partial charge is 0.309 e. The maximum atomic E-state index is 10.0. The Labute approximate surface area is 324 Å². The van der Waals surface area contributed by atoms with E-state index < -0.39 is 166 Å². The summed E-state index contributed by atoms with van der Waals surface area (Å²) in [5, 5.41) is -1.81. The highest BCUT2D eigenvalue weighted by Gasteiger charge is 2.20. The molecule has 0 fully saturated rings. The highest BCUT2D eigenvalue weighted by molar-refractivity contribution is 6.16. The van der Waals surface area contributed by atoms with Crippen LogP contribution in [0, 0.1) is 0 Å². The van der Waals surface area contributed by atoms with Gasteiger partial charge in [-0.25, -0.2) is 0 Å². The summed E-state index contributed by atoms with van der Waals surface area (Å²) >= 11 is 0. The average molecular weight is 671 g/mol. The molecule has 238 valence electrons. The van der Waals surface area contributed by atoms with Gasteiger partial charge in [-0.2, -0.15) is 0 Å². The van der Waals surface area contributed by atoms with Crippen LogP contribution in [0.2, 0.25) is 0 Å². The number of hydrogen-bond acceptors (Lipinski definition) is 0. The molecular weight excluding hydrogens is 619 g/mol. The van der Waals surface area contributed by atoms with Crippen LogP contribution in [0.3, 0.4) is 0 Å². The van der Waals surface area contributed by atoms with E-state index in [9.17, 15) is 15.1 Å². The maximum Gasteiger partial charge on any atom is 0.0782 e. The quantitative estimate of drug-likeness (QED) is 0.177. The second-order valence-electron chi connectivity index (χ2n) is 11.7. The van der Waals surface area contributed by atoms with Crippen molar-refractivity contribution in [3.8, 4) is 28.2 Å². The standard InChI is InChI=1S/C48H31N3/c1-3-14-34(15-4-1)49-42-22-10-8-19-37(42)40-30-32(26-28-45(40)49)33-27-29-46-41(31-33)38-20-9-12-24-44(38)51(46)47-25-13-21-39-36-18-7-11-23-43(36)50(48(39)47)35-16-5-2-6-17-35/h1-31H/i7D,8D,9D,10D,11D,12D,13D,18D,19D,20D,21D,22D,23D,24D,25D,26D,27D,28D,29D,30D,31D. The van der Waals surface area contributed by atoms with E-state index in [-0.39, 0.29) is 49.3 Å². The van der Waals surface area contributed by atoms with E-state index in [4.69, 9.17) is 13.7 Å². The molecule has 0 saturated heterocycles. The third kappa shape index (κ3) is 4.06. The minimum atomic E-state index is -0.865. The summed E-state index contributed by atoms with van der Waals surface area (Å²) in [5.74, 6) is 0. The second-order valence-corrected chi connectivity index (χ2v) is 11.7. The highest BCUT2D eigenvalue weighted by Crippen LogP contribution is 2.41. The monoisotopic (exact) mass is 670 g/mol. The Morgan fingerprint density at radius 1 is 0.333 bits per heavy atom. The lowest BCUT2D eigenvalue weighted by atomic mass is 10.0. The lowest BCUT2D eigenvalue weighted by Gasteiger charge is -2.14. The SMILES string of the molecule is [2H]c1c([2H])c([2H])c2c(c1[2H])c1c([2H])c(-c3c([2H])c([2H])c4c(c3[2H])c3c([2H])c([2H])c([2H])c([2H])c3n4-c3c([2H])c([2H])c([2H])c4c5c([2H])c([2H])c([2H])c([2H])c5n(-c5ccccc5)c34)c([2H])c([2H])c1n2-c1ccccc1. The van der Waals surface area contributed by atoms with Crippen LogP contribution in [0.1, 0.15) is 28.8 Å². The normalized spacial score (nSPS) is 17.7. The molecule has 11 aromatic rings. The minimum absolute atomic E-state index is 0.125. The Kier molecular flexibility index (Phi) is 3.09. The van der Waals surface area contributed by atoms with Gasteiger partial charge < -0.3 is 13.7 Å². The predicted octanol–water partition coefficient (Wildman–Crippen LogP) is 12.6.